The summed E-state index contributed by atoms with van der Waals surface area (Å²) in [5.74, 6) is 0.794. The fourth-order valence-corrected chi connectivity index (χ4v) is 2.54. The molecule has 2 heterocycles. The van der Waals surface area contributed by atoms with Gasteiger partial charge in [0.15, 0.2) is 0 Å². The molecule has 0 radical (unpaired) electrons. The lowest BCUT2D eigenvalue weighted by Crippen LogP contribution is -2.47. The fourth-order valence-electron chi connectivity index (χ4n) is 2.38. The lowest BCUT2D eigenvalue weighted by atomic mass is 9.95. The number of rotatable bonds is 2. The van der Waals surface area contributed by atoms with E-state index in [1.165, 1.54) is 0 Å². The number of thiocarbonyl (C=S) groups is 1. The van der Waals surface area contributed by atoms with Gasteiger partial charge in [-0.1, -0.05) is 12.2 Å². The number of nitrogens with zero attached hydrogens (tertiary/aromatic N) is 2. The molecule has 1 fully saturated rings. The van der Waals surface area contributed by atoms with Crippen LogP contribution < -0.4 is 10.6 Å². The highest BCUT2D eigenvalue weighted by atomic mass is 32.1. The van der Waals surface area contributed by atoms with E-state index >= 15 is 0 Å². The van der Waals surface area contributed by atoms with Gasteiger partial charge in [-0.15, -0.1) is 0 Å². The van der Waals surface area contributed by atoms with Crippen molar-refractivity contribution in [1.82, 2.24) is 4.98 Å². The topological polar surface area (TPSA) is 62.4 Å². The highest BCUT2D eigenvalue weighted by Crippen LogP contribution is 2.27. The van der Waals surface area contributed by atoms with E-state index in [0.29, 0.717) is 11.5 Å². The van der Waals surface area contributed by atoms with Gasteiger partial charge in [0.25, 0.3) is 0 Å². The van der Waals surface area contributed by atoms with Gasteiger partial charge in [-0.25, -0.2) is 4.98 Å². The molecular formula is C13H19N3OS. The molecule has 0 aromatic carbocycles. The Balaban J connectivity index is 2.37. The van der Waals surface area contributed by atoms with Crippen LogP contribution in [0, 0.1) is 6.92 Å². The van der Waals surface area contributed by atoms with E-state index in [0.717, 1.165) is 36.5 Å². The monoisotopic (exact) mass is 265 g/mol. The van der Waals surface area contributed by atoms with E-state index in [9.17, 15) is 5.11 Å². The van der Waals surface area contributed by atoms with Gasteiger partial charge in [0.05, 0.1) is 11.2 Å². The lowest BCUT2D eigenvalue weighted by Gasteiger charge is -2.38. The number of aromatic nitrogens is 1. The van der Waals surface area contributed by atoms with Gasteiger partial charge >= 0.3 is 0 Å². The Bertz CT molecular complexity index is 473. The van der Waals surface area contributed by atoms with Gasteiger partial charge in [0, 0.05) is 18.8 Å². The number of hydrogen-bond acceptors (Lipinski definition) is 4. The van der Waals surface area contributed by atoms with Crippen molar-refractivity contribution in [3.63, 3.8) is 0 Å². The highest BCUT2D eigenvalue weighted by Gasteiger charge is 2.30. The maximum Gasteiger partial charge on any atom is 0.139 e. The van der Waals surface area contributed by atoms with E-state index in [1.54, 1.807) is 0 Å². The third-order valence-corrected chi connectivity index (χ3v) is 3.47. The molecule has 1 aliphatic rings. The normalized spacial score (nSPS) is 24.1. The number of pyridine rings is 1. The van der Waals surface area contributed by atoms with Crippen molar-refractivity contribution in [3.05, 3.63) is 23.4 Å². The largest absolute Gasteiger partial charge is 0.389 e. The van der Waals surface area contributed by atoms with Gasteiger partial charge in [-0.05, 0) is 38.8 Å². The molecule has 4 nitrogen and oxygen atoms in total. The van der Waals surface area contributed by atoms with Crippen LogP contribution in [0.4, 0.5) is 5.82 Å². The number of aliphatic hydroxyl groups is 1. The summed E-state index contributed by atoms with van der Waals surface area (Å²) in [5.41, 5.74) is 6.78. The Morgan fingerprint density at radius 2 is 2.28 bits per heavy atom. The highest BCUT2D eigenvalue weighted by molar-refractivity contribution is 7.80. The fraction of sp³-hybridized carbons (Fsp3) is 0.538. The summed E-state index contributed by atoms with van der Waals surface area (Å²) in [6, 6.07) is 3.81. The van der Waals surface area contributed by atoms with Crippen molar-refractivity contribution in [2.75, 3.05) is 18.0 Å². The average Bonchev–Trinajstić information content (AvgIpc) is 2.27. The summed E-state index contributed by atoms with van der Waals surface area (Å²) in [7, 11) is 0. The molecule has 1 aliphatic heterocycles. The van der Waals surface area contributed by atoms with Crippen molar-refractivity contribution in [3.8, 4) is 0 Å². The number of hydrogen-bond donors (Lipinski definition) is 2. The first-order valence-electron chi connectivity index (χ1n) is 6.14. The molecule has 1 atom stereocenters. The number of anilines is 1. The third kappa shape index (κ3) is 2.79. The van der Waals surface area contributed by atoms with Crippen molar-refractivity contribution >= 4 is 23.0 Å². The quantitative estimate of drug-likeness (QED) is 0.791. The summed E-state index contributed by atoms with van der Waals surface area (Å²) in [4.78, 5) is 6.96. The van der Waals surface area contributed by atoms with E-state index in [-0.39, 0.29) is 0 Å². The zero-order chi connectivity index (χ0) is 13.3. The molecule has 1 aromatic rings. The summed E-state index contributed by atoms with van der Waals surface area (Å²) in [6.07, 6.45) is 1.76. The molecule has 1 unspecified atom stereocenters. The second-order valence-electron chi connectivity index (χ2n) is 5.21. The summed E-state index contributed by atoms with van der Waals surface area (Å²) in [6.45, 7) is 5.24. The van der Waals surface area contributed by atoms with E-state index in [4.69, 9.17) is 18.0 Å². The second kappa shape index (κ2) is 4.82. The minimum atomic E-state index is -0.669. The van der Waals surface area contributed by atoms with E-state index < -0.39 is 5.60 Å². The molecular weight excluding hydrogens is 246 g/mol. The first-order chi connectivity index (χ1) is 8.39. The number of β-amino-alcohol motifs (C(OH)–C–C–N with tert-alkyl or cyclic N) is 1. The summed E-state index contributed by atoms with van der Waals surface area (Å²) in [5, 5.41) is 10.2. The summed E-state index contributed by atoms with van der Waals surface area (Å²) < 4.78 is 0. The van der Waals surface area contributed by atoms with Crippen molar-refractivity contribution < 1.29 is 5.11 Å². The van der Waals surface area contributed by atoms with Crippen molar-refractivity contribution in [1.29, 1.82) is 0 Å². The smallest absolute Gasteiger partial charge is 0.139 e. The minimum Gasteiger partial charge on any atom is -0.389 e. The predicted molar refractivity (Wildman–Crippen MR) is 76.9 cm³/mol. The Morgan fingerprint density at radius 3 is 2.89 bits per heavy atom. The first-order valence-corrected chi connectivity index (χ1v) is 6.55. The maximum atomic E-state index is 10.2. The summed E-state index contributed by atoms with van der Waals surface area (Å²) >= 11 is 5.07. The Kier molecular flexibility index (Phi) is 3.54. The Labute approximate surface area is 113 Å². The SMILES string of the molecule is Cc1ccc(C(N)=S)c(N2CCCC(C)(O)C2)n1. The second-order valence-corrected chi connectivity index (χ2v) is 5.65. The standard InChI is InChI=1S/C13H19N3OS/c1-9-4-5-10(11(14)18)12(15-9)16-7-3-6-13(2,17)8-16/h4-5,17H,3,6-8H2,1-2H3,(H2,14,18). The van der Waals surface area contributed by atoms with Gasteiger partial charge in [-0.2, -0.15) is 0 Å². The molecule has 2 rings (SSSR count). The molecule has 0 bridgehead atoms. The Hall–Kier alpha value is -1.20. The van der Waals surface area contributed by atoms with Crippen LogP contribution in [-0.4, -0.2) is 33.8 Å². The molecule has 18 heavy (non-hydrogen) atoms. The van der Waals surface area contributed by atoms with Crippen molar-refractivity contribution in [2.45, 2.75) is 32.3 Å². The molecule has 0 aliphatic carbocycles. The van der Waals surface area contributed by atoms with Crippen LogP contribution in [-0.2, 0) is 0 Å². The van der Waals surface area contributed by atoms with Crippen LogP contribution in [0.5, 0.6) is 0 Å². The minimum absolute atomic E-state index is 0.350. The number of aryl methyl sites for hydroxylation is 1. The predicted octanol–water partition coefficient (Wildman–Crippen LogP) is 1.38. The molecule has 3 N–H and O–H groups in total. The zero-order valence-electron chi connectivity index (χ0n) is 10.8. The van der Waals surface area contributed by atoms with Crippen LogP contribution in [0.2, 0.25) is 0 Å². The van der Waals surface area contributed by atoms with Crippen LogP contribution in [0.25, 0.3) is 0 Å². The molecule has 0 amide bonds. The Morgan fingerprint density at radius 1 is 1.56 bits per heavy atom. The zero-order valence-corrected chi connectivity index (χ0v) is 11.6. The maximum absolute atomic E-state index is 10.2. The third-order valence-electron chi connectivity index (χ3n) is 3.25. The first kappa shape index (κ1) is 13.2. The average molecular weight is 265 g/mol. The van der Waals surface area contributed by atoms with E-state index in [2.05, 4.69) is 9.88 Å². The molecule has 5 heteroatoms. The molecule has 0 saturated carbocycles. The number of piperidine rings is 1. The number of nitrogens with two attached hydrogens (primary N) is 1. The van der Waals surface area contributed by atoms with E-state index in [1.807, 2.05) is 26.0 Å². The van der Waals surface area contributed by atoms with Gasteiger partial charge in [0.2, 0.25) is 0 Å². The van der Waals surface area contributed by atoms with Crippen LogP contribution in [0.1, 0.15) is 31.0 Å². The van der Waals surface area contributed by atoms with Crippen LogP contribution in [0.15, 0.2) is 12.1 Å². The lowest BCUT2D eigenvalue weighted by molar-refractivity contribution is 0.0447. The van der Waals surface area contributed by atoms with Gasteiger partial charge in [-0.3, -0.25) is 0 Å². The molecule has 1 aromatic heterocycles. The molecule has 98 valence electrons. The van der Waals surface area contributed by atoms with Crippen LogP contribution >= 0.6 is 12.2 Å². The van der Waals surface area contributed by atoms with Crippen molar-refractivity contribution in [2.24, 2.45) is 5.73 Å². The van der Waals surface area contributed by atoms with Crippen LogP contribution in [0.3, 0.4) is 0 Å². The molecule has 1 saturated heterocycles. The van der Waals surface area contributed by atoms with Gasteiger partial charge < -0.3 is 15.7 Å². The van der Waals surface area contributed by atoms with Gasteiger partial charge in [0.1, 0.15) is 10.8 Å². The molecule has 0 spiro atoms.